The molecule has 1 saturated carbocycles. The minimum absolute atomic E-state index is 0.345. The number of hydrogen-bond acceptors (Lipinski definition) is 5. The van der Waals surface area contributed by atoms with Crippen LogP contribution < -0.4 is 4.74 Å². The summed E-state index contributed by atoms with van der Waals surface area (Å²) in [6.07, 6.45) is 6.05. The van der Waals surface area contributed by atoms with Gasteiger partial charge in [0.05, 0.1) is 13.2 Å². The predicted molar refractivity (Wildman–Crippen MR) is 104 cm³/mol. The third-order valence-electron chi connectivity index (χ3n) is 5.55. The molecular formula is C21H34N2O3. The molecule has 2 aliphatic rings. The van der Waals surface area contributed by atoms with Crippen LogP contribution in [0, 0.1) is 0 Å². The quantitative estimate of drug-likeness (QED) is 0.770. The fourth-order valence-electron chi connectivity index (χ4n) is 4.00. The highest BCUT2D eigenvalue weighted by molar-refractivity contribution is 5.28. The van der Waals surface area contributed by atoms with E-state index in [0.717, 1.165) is 38.6 Å². The number of aliphatic hydroxyl groups is 1. The van der Waals surface area contributed by atoms with E-state index in [0.29, 0.717) is 19.2 Å². The Morgan fingerprint density at radius 3 is 2.77 bits per heavy atom. The van der Waals surface area contributed by atoms with Crippen LogP contribution in [0.15, 0.2) is 24.3 Å². The van der Waals surface area contributed by atoms with Crippen molar-refractivity contribution < 1.29 is 14.6 Å². The average molecular weight is 363 g/mol. The largest absolute Gasteiger partial charge is 0.491 e. The minimum atomic E-state index is -0.454. The van der Waals surface area contributed by atoms with Crippen molar-refractivity contribution in [2.24, 2.45) is 0 Å². The molecule has 1 atom stereocenters. The molecule has 146 valence electrons. The van der Waals surface area contributed by atoms with Gasteiger partial charge in [0.25, 0.3) is 0 Å². The normalized spacial score (nSPS) is 21.0. The molecule has 1 aliphatic carbocycles. The lowest BCUT2D eigenvalue weighted by Crippen LogP contribution is -2.40. The maximum Gasteiger partial charge on any atom is 0.119 e. The van der Waals surface area contributed by atoms with Gasteiger partial charge < -0.3 is 19.5 Å². The highest BCUT2D eigenvalue weighted by Gasteiger charge is 2.20. The first kappa shape index (κ1) is 19.6. The maximum atomic E-state index is 10.4. The lowest BCUT2D eigenvalue weighted by molar-refractivity contribution is 0.0341. The molecule has 1 saturated heterocycles. The zero-order chi connectivity index (χ0) is 18.2. The van der Waals surface area contributed by atoms with Crippen LogP contribution in [0.25, 0.3) is 0 Å². The van der Waals surface area contributed by atoms with Gasteiger partial charge in [0, 0.05) is 32.2 Å². The molecule has 1 aromatic rings. The first-order chi connectivity index (χ1) is 12.7. The molecule has 1 aromatic carbocycles. The topological polar surface area (TPSA) is 45.2 Å². The molecule has 5 nitrogen and oxygen atoms in total. The summed E-state index contributed by atoms with van der Waals surface area (Å²) in [5.41, 5.74) is 1.25. The number of aliphatic hydroxyl groups excluding tert-OH is 1. The van der Waals surface area contributed by atoms with Gasteiger partial charge in [0.1, 0.15) is 18.5 Å². The molecular weight excluding hydrogens is 328 g/mol. The monoisotopic (exact) mass is 362 g/mol. The molecule has 0 aromatic heterocycles. The Kier molecular flexibility index (Phi) is 7.74. The second kappa shape index (κ2) is 10.3. The third kappa shape index (κ3) is 6.23. The number of ether oxygens (including phenoxy) is 2. The number of morpholine rings is 1. The highest BCUT2D eigenvalue weighted by atomic mass is 16.5. The lowest BCUT2D eigenvalue weighted by Gasteiger charge is -2.32. The molecule has 2 fully saturated rings. The van der Waals surface area contributed by atoms with E-state index in [1.54, 1.807) is 0 Å². The van der Waals surface area contributed by atoms with Crippen LogP contribution >= 0.6 is 0 Å². The number of hydrogen-bond donors (Lipinski definition) is 1. The van der Waals surface area contributed by atoms with E-state index in [2.05, 4.69) is 29.0 Å². The summed E-state index contributed by atoms with van der Waals surface area (Å²) in [6.45, 7) is 5.55. The Bertz CT molecular complexity index is 528. The third-order valence-corrected chi connectivity index (χ3v) is 5.55. The van der Waals surface area contributed by atoms with Gasteiger partial charge in [-0.3, -0.25) is 4.90 Å². The van der Waals surface area contributed by atoms with Gasteiger partial charge in [0.2, 0.25) is 0 Å². The molecule has 0 spiro atoms. The summed E-state index contributed by atoms with van der Waals surface area (Å²) in [5.74, 6) is 0.843. The summed E-state index contributed by atoms with van der Waals surface area (Å²) < 4.78 is 11.3. The average Bonchev–Trinajstić information content (AvgIpc) is 2.68. The summed E-state index contributed by atoms with van der Waals surface area (Å²) in [4.78, 5) is 4.71. The van der Waals surface area contributed by atoms with Crippen LogP contribution in [-0.4, -0.2) is 73.6 Å². The maximum absolute atomic E-state index is 10.4. The molecule has 26 heavy (non-hydrogen) atoms. The van der Waals surface area contributed by atoms with Crippen molar-refractivity contribution in [3.05, 3.63) is 29.8 Å². The highest BCUT2D eigenvalue weighted by Crippen LogP contribution is 2.22. The summed E-state index contributed by atoms with van der Waals surface area (Å²) in [5, 5.41) is 10.4. The molecule has 0 radical (unpaired) electrons. The molecule has 0 amide bonds. The Balaban J connectivity index is 1.42. The Labute approximate surface area is 157 Å². The van der Waals surface area contributed by atoms with Crippen LogP contribution in [0.1, 0.15) is 37.7 Å². The fourth-order valence-corrected chi connectivity index (χ4v) is 4.00. The second-order valence-electron chi connectivity index (χ2n) is 7.73. The van der Waals surface area contributed by atoms with Gasteiger partial charge in [0.15, 0.2) is 0 Å². The Morgan fingerprint density at radius 2 is 2.00 bits per heavy atom. The predicted octanol–water partition coefficient (Wildman–Crippen LogP) is 2.52. The van der Waals surface area contributed by atoms with Gasteiger partial charge in [-0.05, 0) is 37.6 Å². The van der Waals surface area contributed by atoms with Crippen LogP contribution in [0.4, 0.5) is 0 Å². The van der Waals surface area contributed by atoms with Crippen molar-refractivity contribution in [1.82, 2.24) is 9.80 Å². The first-order valence-corrected chi connectivity index (χ1v) is 10.1. The molecule has 1 N–H and O–H groups in total. The van der Waals surface area contributed by atoms with Crippen LogP contribution in [0.2, 0.25) is 0 Å². The minimum Gasteiger partial charge on any atom is -0.491 e. The van der Waals surface area contributed by atoms with Crippen molar-refractivity contribution >= 4 is 0 Å². The van der Waals surface area contributed by atoms with E-state index in [1.165, 1.54) is 37.7 Å². The van der Waals surface area contributed by atoms with Gasteiger partial charge in [-0.15, -0.1) is 0 Å². The van der Waals surface area contributed by atoms with Crippen molar-refractivity contribution in [3.63, 3.8) is 0 Å². The lowest BCUT2D eigenvalue weighted by atomic mass is 9.94. The number of benzene rings is 1. The van der Waals surface area contributed by atoms with Crippen molar-refractivity contribution in [1.29, 1.82) is 0 Å². The molecule has 1 aliphatic heterocycles. The van der Waals surface area contributed by atoms with Gasteiger partial charge in [-0.25, -0.2) is 0 Å². The summed E-state index contributed by atoms with van der Waals surface area (Å²) in [7, 11) is 2.13. The van der Waals surface area contributed by atoms with Gasteiger partial charge >= 0.3 is 0 Å². The van der Waals surface area contributed by atoms with Gasteiger partial charge in [-0.2, -0.15) is 0 Å². The summed E-state index contributed by atoms with van der Waals surface area (Å²) in [6, 6.07) is 8.85. The van der Waals surface area contributed by atoms with E-state index >= 15 is 0 Å². The van der Waals surface area contributed by atoms with E-state index in [1.807, 2.05) is 12.1 Å². The molecule has 0 bridgehead atoms. The molecule has 5 heteroatoms. The number of rotatable bonds is 8. The molecule has 3 rings (SSSR count). The Hall–Kier alpha value is -1.14. The van der Waals surface area contributed by atoms with E-state index in [9.17, 15) is 5.11 Å². The molecule has 1 heterocycles. The van der Waals surface area contributed by atoms with Gasteiger partial charge in [-0.1, -0.05) is 31.4 Å². The zero-order valence-corrected chi connectivity index (χ0v) is 16.1. The van der Waals surface area contributed by atoms with Crippen molar-refractivity contribution in [2.75, 3.05) is 46.5 Å². The van der Waals surface area contributed by atoms with Crippen LogP contribution in [-0.2, 0) is 11.3 Å². The second-order valence-corrected chi connectivity index (χ2v) is 7.73. The van der Waals surface area contributed by atoms with Crippen LogP contribution in [0.3, 0.4) is 0 Å². The number of likely N-dealkylation sites (N-methyl/N-ethyl adjacent to an activating group) is 1. The van der Waals surface area contributed by atoms with E-state index in [4.69, 9.17) is 9.47 Å². The standard InChI is InChI=1S/C21H34N2O3/c1-22(19-7-3-2-4-8-19)16-20(24)17-26-21-9-5-6-18(14-21)15-23-10-12-25-13-11-23/h5-6,9,14,19-20,24H,2-4,7-8,10-13,15-17H2,1H3/t20-/m1/s1. The zero-order valence-electron chi connectivity index (χ0n) is 16.1. The van der Waals surface area contributed by atoms with Crippen molar-refractivity contribution in [3.8, 4) is 5.75 Å². The molecule has 0 unspecified atom stereocenters. The Morgan fingerprint density at radius 1 is 1.23 bits per heavy atom. The smallest absolute Gasteiger partial charge is 0.119 e. The summed E-state index contributed by atoms with van der Waals surface area (Å²) >= 11 is 0. The first-order valence-electron chi connectivity index (χ1n) is 10.1. The van der Waals surface area contributed by atoms with Crippen LogP contribution in [0.5, 0.6) is 5.75 Å². The fraction of sp³-hybridized carbons (Fsp3) is 0.714. The van der Waals surface area contributed by atoms with Crippen molar-refractivity contribution in [2.45, 2.75) is 50.8 Å². The number of nitrogens with zero attached hydrogens (tertiary/aromatic N) is 2. The van der Waals surface area contributed by atoms with E-state index in [-0.39, 0.29) is 0 Å². The van der Waals surface area contributed by atoms with E-state index < -0.39 is 6.10 Å². The SMILES string of the molecule is CN(C[C@@H](O)COc1cccc(CN2CCOCC2)c1)C1CCCCC1.